The van der Waals surface area contributed by atoms with Gasteiger partial charge in [0.15, 0.2) is 6.61 Å². The van der Waals surface area contributed by atoms with Gasteiger partial charge in [-0.05, 0) is 64.7 Å². The normalized spacial score (nSPS) is 16.3. The summed E-state index contributed by atoms with van der Waals surface area (Å²) in [5.41, 5.74) is 6.01. The number of hydrogen-bond acceptors (Lipinski definition) is 9. The standard InChI is InChI=1S/C43H39N5O6/c1-52-35-20-16-31(17-21-35)39-25-37(29-10-5-3-6-11-29)45-47(39)41(49)27-44-34-15-9-14-33(24-34)43(51)54-28-42(50)48-40(32-18-22-36(53-2)23-19-32)26-38(46-48)30-12-7-4-8-13-30/h3-24,39-40,44H,25-28H2,1-2H3/t39-,40-/m1/s1. The van der Waals surface area contributed by atoms with E-state index in [9.17, 15) is 14.4 Å². The summed E-state index contributed by atoms with van der Waals surface area (Å²) in [6, 6.07) is 40.5. The van der Waals surface area contributed by atoms with E-state index in [0.29, 0.717) is 24.3 Å². The van der Waals surface area contributed by atoms with Crippen molar-refractivity contribution in [3.8, 4) is 11.5 Å². The van der Waals surface area contributed by atoms with Gasteiger partial charge in [-0.3, -0.25) is 9.59 Å². The number of rotatable bonds is 12. The topological polar surface area (TPSA) is 122 Å². The van der Waals surface area contributed by atoms with Gasteiger partial charge < -0.3 is 19.5 Å². The molecule has 0 aromatic heterocycles. The summed E-state index contributed by atoms with van der Waals surface area (Å²) in [6.45, 7) is -0.574. The van der Waals surface area contributed by atoms with Crippen LogP contribution in [0.4, 0.5) is 5.69 Å². The average Bonchev–Trinajstić information content (AvgIpc) is 3.89. The second kappa shape index (κ2) is 16.3. The first kappa shape index (κ1) is 35.6. The van der Waals surface area contributed by atoms with Crippen LogP contribution in [0.1, 0.15) is 57.5 Å². The Bertz CT molecular complexity index is 2170. The number of carbonyl (C=O) groups excluding carboxylic acids is 3. The zero-order valence-corrected chi connectivity index (χ0v) is 29.9. The van der Waals surface area contributed by atoms with Gasteiger partial charge in [0.25, 0.3) is 11.8 Å². The molecule has 11 heteroatoms. The lowest BCUT2D eigenvalue weighted by Crippen LogP contribution is -2.32. The first-order valence-corrected chi connectivity index (χ1v) is 17.6. The maximum Gasteiger partial charge on any atom is 0.338 e. The Labute approximate surface area is 313 Å². The van der Waals surface area contributed by atoms with Crippen molar-refractivity contribution in [3.63, 3.8) is 0 Å². The second-order valence-electron chi connectivity index (χ2n) is 12.8. The van der Waals surface area contributed by atoms with Crippen molar-refractivity contribution in [3.05, 3.63) is 161 Å². The van der Waals surface area contributed by atoms with Gasteiger partial charge in [0.2, 0.25) is 0 Å². The van der Waals surface area contributed by atoms with Crippen molar-refractivity contribution < 1.29 is 28.6 Å². The Morgan fingerprint density at radius 2 is 1.13 bits per heavy atom. The molecule has 7 rings (SSSR count). The minimum atomic E-state index is -0.679. The van der Waals surface area contributed by atoms with Crippen LogP contribution < -0.4 is 14.8 Å². The number of hydrogen-bond donors (Lipinski definition) is 1. The van der Waals surface area contributed by atoms with Gasteiger partial charge in [-0.15, -0.1) is 0 Å². The van der Waals surface area contributed by atoms with Crippen LogP contribution in [0.15, 0.2) is 144 Å². The number of amides is 2. The maximum atomic E-state index is 13.7. The molecule has 0 spiro atoms. The number of benzene rings is 5. The molecule has 5 aromatic carbocycles. The van der Waals surface area contributed by atoms with E-state index >= 15 is 0 Å². The number of nitrogens with zero attached hydrogens (tertiary/aromatic N) is 4. The molecule has 0 fully saturated rings. The molecule has 0 aliphatic carbocycles. The molecule has 0 unspecified atom stereocenters. The van der Waals surface area contributed by atoms with Gasteiger partial charge in [0.1, 0.15) is 11.5 Å². The summed E-state index contributed by atoms with van der Waals surface area (Å²) in [5, 5.41) is 15.5. The van der Waals surface area contributed by atoms with E-state index < -0.39 is 18.5 Å². The molecule has 2 aliphatic heterocycles. The number of esters is 1. The Morgan fingerprint density at radius 3 is 1.63 bits per heavy atom. The lowest BCUT2D eigenvalue weighted by Gasteiger charge is -2.23. The Balaban J connectivity index is 1.01. The molecule has 5 aromatic rings. The largest absolute Gasteiger partial charge is 0.497 e. The summed E-state index contributed by atoms with van der Waals surface area (Å²) in [6.07, 6.45) is 1.05. The molecule has 2 atom stereocenters. The van der Waals surface area contributed by atoms with Crippen LogP contribution in [0.5, 0.6) is 11.5 Å². The fraction of sp³-hybridized carbons (Fsp3) is 0.186. The van der Waals surface area contributed by atoms with E-state index in [4.69, 9.17) is 19.3 Å². The fourth-order valence-electron chi connectivity index (χ4n) is 6.55. The lowest BCUT2D eigenvalue weighted by atomic mass is 9.98. The Kier molecular flexibility index (Phi) is 10.8. The van der Waals surface area contributed by atoms with Crippen molar-refractivity contribution in [2.75, 3.05) is 32.7 Å². The highest BCUT2D eigenvalue weighted by Gasteiger charge is 2.35. The second-order valence-corrected chi connectivity index (χ2v) is 12.8. The third kappa shape index (κ3) is 8.00. The third-order valence-corrected chi connectivity index (χ3v) is 9.42. The third-order valence-electron chi connectivity index (χ3n) is 9.42. The minimum absolute atomic E-state index is 0.0708. The predicted octanol–water partition coefficient (Wildman–Crippen LogP) is 7.03. The minimum Gasteiger partial charge on any atom is -0.497 e. The van der Waals surface area contributed by atoms with Crippen LogP contribution in [0.25, 0.3) is 0 Å². The first-order chi connectivity index (χ1) is 26.4. The molecular weight excluding hydrogens is 683 g/mol. The van der Waals surface area contributed by atoms with Crippen LogP contribution in [0, 0.1) is 0 Å². The van der Waals surface area contributed by atoms with Crippen LogP contribution in [0.3, 0.4) is 0 Å². The van der Waals surface area contributed by atoms with E-state index in [0.717, 1.165) is 39.4 Å². The molecule has 2 heterocycles. The van der Waals surface area contributed by atoms with Crippen molar-refractivity contribution in [2.24, 2.45) is 10.2 Å². The number of nitrogens with one attached hydrogen (secondary N) is 1. The van der Waals surface area contributed by atoms with Crippen LogP contribution in [-0.4, -0.2) is 66.6 Å². The Hall–Kier alpha value is -6.75. The summed E-state index contributed by atoms with van der Waals surface area (Å²) in [7, 11) is 3.21. The molecule has 2 aliphatic rings. The smallest absolute Gasteiger partial charge is 0.338 e. The lowest BCUT2D eigenvalue weighted by molar-refractivity contribution is -0.136. The molecule has 0 radical (unpaired) electrons. The number of hydrazone groups is 2. The predicted molar refractivity (Wildman–Crippen MR) is 206 cm³/mol. The number of carbonyl (C=O) groups is 3. The van der Waals surface area contributed by atoms with Crippen LogP contribution in [-0.2, 0) is 14.3 Å². The molecule has 0 bridgehead atoms. The van der Waals surface area contributed by atoms with Gasteiger partial charge in [-0.25, -0.2) is 14.8 Å². The summed E-state index contributed by atoms with van der Waals surface area (Å²) >= 11 is 0. The van der Waals surface area contributed by atoms with Gasteiger partial charge in [-0.2, -0.15) is 10.2 Å². The molecular formula is C43H39N5O6. The zero-order chi connectivity index (χ0) is 37.4. The number of ether oxygens (including phenoxy) is 3. The van der Waals surface area contributed by atoms with E-state index in [1.54, 1.807) is 38.5 Å². The summed E-state index contributed by atoms with van der Waals surface area (Å²) in [4.78, 5) is 40.5. The monoisotopic (exact) mass is 721 g/mol. The van der Waals surface area contributed by atoms with Gasteiger partial charge in [-0.1, -0.05) is 91.0 Å². The first-order valence-electron chi connectivity index (χ1n) is 17.6. The van der Waals surface area contributed by atoms with Gasteiger partial charge >= 0.3 is 5.97 Å². The highest BCUT2D eigenvalue weighted by molar-refractivity contribution is 6.04. The SMILES string of the molecule is COc1ccc([C@H]2CC(c3ccccc3)=NN2C(=O)CNc2cccc(C(=O)OCC(=O)N3N=C(c4ccccc4)C[C@@H]3c3ccc(OC)cc3)c2)cc1. The Morgan fingerprint density at radius 1 is 0.630 bits per heavy atom. The van der Waals surface area contributed by atoms with Crippen molar-refractivity contribution >= 4 is 34.9 Å². The zero-order valence-electron chi connectivity index (χ0n) is 29.9. The van der Waals surface area contributed by atoms with E-state index in [1.165, 1.54) is 10.0 Å². The van der Waals surface area contributed by atoms with Crippen molar-refractivity contribution in [2.45, 2.75) is 24.9 Å². The molecule has 1 N–H and O–H groups in total. The molecule has 11 nitrogen and oxygen atoms in total. The van der Waals surface area contributed by atoms with E-state index in [2.05, 4.69) is 10.4 Å². The molecule has 272 valence electrons. The number of methoxy groups -OCH3 is 2. The summed E-state index contributed by atoms with van der Waals surface area (Å²) < 4.78 is 16.1. The average molecular weight is 722 g/mol. The maximum absolute atomic E-state index is 13.7. The fourth-order valence-corrected chi connectivity index (χ4v) is 6.55. The van der Waals surface area contributed by atoms with E-state index in [1.807, 2.05) is 109 Å². The van der Waals surface area contributed by atoms with Crippen LogP contribution >= 0.6 is 0 Å². The van der Waals surface area contributed by atoms with Crippen molar-refractivity contribution in [1.82, 2.24) is 10.0 Å². The van der Waals surface area contributed by atoms with Crippen molar-refractivity contribution in [1.29, 1.82) is 0 Å². The van der Waals surface area contributed by atoms with Gasteiger partial charge in [0, 0.05) is 18.5 Å². The molecule has 2 amide bonds. The molecule has 0 saturated carbocycles. The molecule has 54 heavy (non-hydrogen) atoms. The highest BCUT2D eigenvalue weighted by Crippen LogP contribution is 2.35. The number of anilines is 1. The van der Waals surface area contributed by atoms with E-state index in [-0.39, 0.29) is 30.1 Å². The molecule has 0 saturated heterocycles. The summed E-state index contributed by atoms with van der Waals surface area (Å²) in [5.74, 6) is 0.0494. The van der Waals surface area contributed by atoms with Crippen LogP contribution in [0.2, 0.25) is 0 Å². The van der Waals surface area contributed by atoms with Gasteiger partial charge in [0.05, 0.1) is 49.8 Å². The quantitative estimate of drug-likeness (QED) is 0.137. The highest BCUT2D eigenvalue weighted by atomic mass is 16.5.